The number of aliphatic hydroxyl groups is 1. The number of aliphatic hydroxyl groups excluding tert-OH is 1. The van der Waals surface area contributed by atoms with Crippen molar-refractivity contribution in [3.8, 4) is 0 Å². The van der Waals surface area contributed by atoms with Gasteiger partial charge in [0, 0.05) is 19.5 Å². The van der Waals surface area contributed by atoms with Gasteiger partial charge in [0.15, 0.2) is 0 Å². The Balaban J connectivity index is 2.57. The summed E-state index contributed by atoms with van der Waals surface area (Å²) in [5.41, 5.74) is 5.35. The van der Waals surface area contributed by atoms with E-state index in [1.165, 1.54) is 0 Å². The van der Waals surface area contributed by atoms with Crippen molar-refractivity contribution in [2.75, 3.05) is 13.1 Å². The van der Waals surface area contributed by atoms with Crippen LogP contribution in [0.5, 0.6) is 0 Å². The molecule has 4 heteroatoms. The van der Waals surface area contributed by atoms with E-state index in [9.17, 15) is 9.90 Å². The summed E-state index contributed by atoms with van der Waals surface area (Å²) in [4.78, 5) is 13.4. The molecule has 1 fully saturated rings. The molecule has 0 spiro atoms. The predicted octanol–water partition coefficient (Wildman–Crippen LogP) is 0.0971. The van der Waals surface area contributed by atoms with Crippen LogP contribution in [0.4, 0.5) is 0 Å². The molecule has 4 nitrogen and oxygen atoms in total. The maximum absolute atomic E-state index is 11.6. The van der Waals surface area contributed by atoms with E-state index in [0.717, 1.165) is 25.8 Å². The van der Waals surface area contributed by atoms with E-state index in [-0.39, 0.29) is 11.9 Å². The van der Waals surface area contributed by atoms with Gasteiger partial charge in [0.2, 0.25) is 5.91 Å². The van der Waals surface area contributed by atoms with E-state index in [1.54, 1.807) is 11.8 Å². The number of hydrogen-bond acceptors (Lipinski definition) is 3. The van der Waals surface area contributed by atoms with Gasteiger partial charge in [-0.1, -0.05) is 0 Å². The van der Waals surface area contributed by atoms with Crippen LogP contribution in [-0.4, -0.2) is 41.1 Å². The molecule has 0 aromatic carbocycles. The Bertz CT molecular complexity index is 195. The van der Waals surface area contributed by atoms with Gasteiger partial charge in [0.25, 0.3) is 0 Å². The minimum Gasteiger partial charge on any atom is -0.391 e. The number of carbonyl (C=O) groups excluding carboxylic acids is 1. The molecule has 0 aromatic rings. The summed E-state index contributed by atoms with van der Waals surface area (Å²) in [6, 6.07) is 0.00259. The number of rotatable bonds is 3. The molecule has 1 saturated heterocycles. The van der Waals surface area contributed by atoms with Crippen LogP contribution in [0.25, 0.3) is 0 Å². The SMILES string of the molecule is C[C@@H](O)[C@@H]1CCCCN1C(=O)CCN. The molecule has 1 rings (SSSR count). The van der Waals surface area contributed by atoms with Crippen molar-refractivity contribution in [2.24, 2.45) is 5.73 Å². The van der Waals surface area contributed by atoms with Crippen molar-refractivity contribution >= 4 is 5.91 Å². The van der Waals surface area contributed by atoms with Crippen molar-refractivity contribution in [2.45, 2.75) is 44.8 Å². The quantitative estimate of drug-likeness (QED) is 0.679. The summed E-state index contributed by atoms with van der Waals surface area (Å²) in [5, 5.41) is 9.54. The molecule has 14 heavy (non-hydrogen) atoms. The average Bonchev–Trinajstić information content (AvgIpc) is 2.18. The minimum absolute atomic E-state index is 0.00259. The van der Waals surface area contributed by atoms with Crippen LogP contribution in [0.1, 0.15) is 32.6 Å². The first kappa shape index (κ1) is 11.5. The zero-order chi connectivity index (χ0) is 10.6. The zero-order valence-electron chi connectivity index (χ0n) is 8.78. The smallest absolute Gasteiger partial charge is 0.224 e. The van der Waals surface area contributed by atoms with Crippen LogP contribution >= 0.6 is 0 Å². The van der Waals surface area contributed by atoms with E-state index < -0.39 is 6.10 Å². The molecule has 0 bridgehead atoms. The molecule has 1 aliphatic rings. The van der Waals surface area contributed by atoms with E-state index >= 15 is 0 Å². The Labute approximate surface area is 85.1 Å². The minimum atomic E-state index is -0.433. The average molecular weight is 200 g/mol. The molecule has 1 amide bonds. The molecule has 2 atom stereocenters. The number of amides is 1. The van der Waals surface area contributed by atoms with Gasteiger partial charge in [-0.15, -0.1) is 0 Å². The van der Waals surface area contributed by atoms with Gasteiger partial charge < -0.3 is 15.7 Å². The normalized spacial score (nSPS) is 24.8. The van der Waals surface area contributed by atoms with Gasteiger partial charge in [0.05, 0.1) is 12.1 Å². The van der Waals surface area contributed by atoms with E-state index in [4.69, 9.17) is 5.73 Å². The molecule has 3 N–H and O–H groups in total. The Hall–Kier alpha value is -0.610. The fourth-order valence-corrected chi connectivity index (χ4v) is 2.04. The van der Waals surface area contributed by atoms with Gasteiger partial charge in [-0.2, -0.15) is 0 Å². The summed E-state index contributed by atoms with van der Waals surface area (Å²) >= 11 is 0. The Kier molecular flexibility index (Phi) is 4.35. The summed E-state index contributed by atoms with van der Waals surface area (Å²) in [5.74, 6) is 0.0816. The van der Waals surface area contributed by atoms with Crippen molar-refractivity contribution < 1.29 is 9.90 Å². The summed E-state index contributed by atoms with van der Waals surface area (Å²) < 4.78 is 0. The first-order valence-electron chi connectivity index (χ1n) is 5.34. The Morgan fingerprint density at radius 2 is 2.36 bits per heavy atom. The highest BCUT2D eigenvalue weighted by molar-refractivity contribution is 5.76. The lowest BCUT2D eigenvalue weighted by atomic mass is 9.98. The number of carbonyl (C=O) groups is 1. The zero-order valence-corrected chi connectivity index (χ0v) is 8.78. The third-order valence-corrected chi connectivity index (χ3v) is 2.78. The maximum atomic E-state index is 11.6. The third kappa shape index (κ3) is 2.69. The first-order valence-corrected chi connectivity index (χ1v) is 5.34. The van der Waals surface area contributed by atoms with Crippen LogP contribution in [0.2, 0.25) is 0 Å². The molecule has 0 radical (unpaired) electrons. The third-order valence-electron chi connectivity index (χ3n) is 2.78. The second-order valence-electron chi connectivity index (χ2n) is 3.93. The number of nitrogens with two attached hydrogens (primary N) is 1. The summed E-state index contributed by atoms with van der Waals surface area (Å²) in [7, 11) is 0. The van der Waals surface area contributed by atoms with Crippen molar-refractivity contribution in [3.05, 3.63) is 0 Å². The summed E-state index contributed by atoms with van der Waals surface area (Å²) in [6.45, 7) is 2.91. The lowest BCUT2D eigenvalue weighted by Gasteiger charge is -2.37. The molecule has 0 unspecified atom stereocenters. The monoisotopic (exact) mass is 200 g/mol. The maximum Gasteiger partial charge on any atom is 0.224 e. The molecule has 1 heterocycles. The van der Waals surface area contributed by atoms with Crippen LogP contribution in [0, 0.1) is 0 Å². The largest absolute Gasteiger partial charge is 0.391 e. The molecule has 0 aliphatic carbocycles. The van der Waals surface area contributed by atoms with Gasteiger partial charge in [-0.05, 0) is 26.2 Å². The number of nitrogens with zero attached hydrogens (tertiary/aromatic N) is 1. The fraction of sp³-hybridized carbons (Fsp3) is 0.900. The number of piperidine rings is 1. The molecule has 0 saturated carbocycles. The van der Waals surface area contributed by atoms with E-state index in [1.807, 2.05) is 0 Å². The van der Waals surface area contributed by atoms with Gasteiger partial charge >= 0.3 is 0 Å². The Morgan fingerprint density at radius 3 is 2.93 bits per heavy atom. The second-order valence-corrected chi connectivity index (χ2v) is 3.93. The van der Waals surface area contributed by atoms with Gasteiger partial charge in [-0.25, -0.2) is 0 Å². The number of likely N-dealkylation sites (tertiary alicyclic amines) is 1. The molecule has 82 valence electrons. The standard InChI is InChI=1S/C10H20N2O2/c1-8(13)9-4-2-3-7-12(9)10(14)5-6-11/h8-9,13H,2-7,11H2,1H3/t8-,9+/m1/s1. The highest BCUT2D eigenvalue weighted by Crippen LogP contribution is 2.20. The number of hydrogen-bond donors (Lipinski definition) is 2. The van der Waals surface area contributed by atoms with Crippen molar-refractivity contribution in [1.82, 2.24) is 4.90 Å². The highest BCUT2D eigenvalue weighted by Gasteiger charge is 2.28. The highest BCUT2D eigenvalue weighted by atomic mass is 16.3. The van der Waals surface area contributed by atoms with Crippen molar-refractivity contribution in [3.63, 3.8) is 0 Å². The first-order chi connectivity index (χ1) is 6.66. The van der Waals surface area contributed by atoms with Crippen LogP contribution in [0.3, 0.4) is 0 Å². The topological polar surface area (TPSA) is 66.6 Å². The second kappa shape index (κ2) is 5.32. The Morgan fingerprint density at radius 1 is 1.64 bits per heavy atom. The van der Waals surface area contributed by atoms with Crippen molar-refractivity contribution in [1.29, 1.82) is 0 Å². The van der Waals surface area contributed by atoms with Gasteiger partial charge in [0.1, 0.15) is 0 Å². The molecular weight excluding hydrogens is 180 g/mol. The van der Waals surface area contributed by atoms with E-state index in [2.05, 4.69) is 0 Å². The lowest BCUT2D eigenvalue weighted by molar-refractivity contribution is -0.137. The lowest BCUT2D eigenvalue weighted by Crippen LogP contribution is -2.49. The molecule has 1 aliphatic heterocycles. The van der Waals surface area contributed by atoms with Gasteiger partial charge in [-0.3, -0.25) is 4.79 Å². The molecule has 0 aromatic heterocycles. The van der Waals surface area contributed by atoms with E-state index in [0.29, 0.717) is 13.0 Å². The van der Waals surface area contributed by atoms with Crippen LogP contribution < -0.4 is 5.73 Å². The fourth-order valence-electron chi connectivity index (χ4n) is 2.04. The summed E-state index contributed by atoms with van der Waals surface area (Å²) in [6.07, 6.45) is 3.01. The van der Waals surface area contributed by atoms with Crippen LogP contribution in [-0.2, 0) is 4.79 Å². The predicted molar refractivity (Wildman–Crippen MR) is 54.7 cm³/mol. The molecular formula is C10H20N2O2. The van der Waals surface area contributed by atoms with Crippen LogP contribution in [0.15, 0.2) is 0 Å².